The highest BCUT2D eigenvalue weighted by molar-refractivity contribution is 5.69. The number of unbranched alkanes of at least 4 members (excludes halogenated alkanes) is 10. The van der Waals surface area contributed by atoms with Gasteiger partial charge >= 0.3 is 5.97 Å². The molecule has 0 fully saturated rings. The second kappa shape index (κ2) is 38.2. The van der Waals surface area contributed by atoms with Crippen molar-refractivity contribution < 1.29 is 47.4 Å². The maximum atomic E-state index is 11.1. The fourth-order valence-electron chi connectivity index (χ4n) is 3.90. The van der Waals surface area contributed by atoms with Gasteiger partial charge in [-0.25, -0.2) is 0 Å². The van der Waals surface area contributed by atoms with E-state index in [1.54, 1.807) is 6.92 Å². The second-order valence-electron chi connectivity index (χ2n) is 9.99. The molecule has 0 saturated heterocycles. The summed E-state index contributed by atoms with van der Waals surface area (Å²) >= 11 is 0. The molecule has 0 spiro atoms. The minimum absolute atomic E-state index is 0.243. The van der Waals surface area contributed by atoms with Gasteiger partial charge in [0.25, 0.3) is 0 Å². The zero-order chi connectivity index (χ0) is 30.4. The molecule has 0 aromatic heterocycles. The standard InChI is InChI=1S/C32H64O10/c1-3-5-6-7-8-9-10-11-12-13-14-16-34-18-20-36-22-24-38-26-28-40-30-31-41-29-27-39-25-23-37-21-19-35-17-15-32(33)42-4-2/h3-31H2,1-2H3. The molecular weight excluding hydrogens is 544 g/mol. The number of hydrogen-bond acceptors (Lipinski definition) is 10. The SMILES string of the molecule is CCCCCCCCCCCCCOCCOCCOCCOCCOCCOCCOCCOCCC(=O)OCC. The van der Waals surface area contributed by atoms with Crippen molar-refractivity contribution in [1.82, 2.24) is 0 Å². The van der Waals surface area contributed by atoms with E-state index in [1.807, 2.05) is 0 Å². The van der Waals surface area contributed by atoms with Crippen LogP contribution in [-0.4, -0.2) is 118 Å². The van der Waals surface area contributed by atoms with Gasteiger partial charge in [0.1, 0.15) is 0 Å². The number of hydrogen-bond donors (Lipinski definition) is 0. The largest absolute Gasteiger partial charge is 0.466 e. The molecule has 0 rings (SSSR count). The summed E-state index contributed by atoms with van der Waals surface area (Å²) in [5.74, 6) is -0.243. The predicted molar refractivity (Wildman–Crippen MR) is 164 cm³/mol. The Bertz CT molecular complexity index is 510. The topological polar surface area (TPSA) is 100 Å². The number of rotatable bonds is 37. The molecule has 42 heavy (non-hydrogen) atoms. The van der Waals surface area contributed by atoms with Crippen molar-refractivity contribution >= 4 is 5.97 Å². The number of carbonyl (C=O) groups excluding carboxylic acids is 1. The quantitative estimate of drug-likeness (QED) is 0.0675. The first kappa shape index (κ1) is 41.1. The van der Waals surface area contributed by atoms with Crippen LogP contribution in [-0.2, 0) is 47.4 Å². The summed E-state index contributed by atoms with van der Waals surface area (Å²) in [4.78, 5) is 11.1. The molecule has 0 amide bonds. The Hall–Kier alpha value is -0.850. The molecule has 0 aromatic rings. The minimum Gasteiger partial charge on any atom is -0.466 e. The molecular formula is C32H64O10. The van der Waals surface area contributed by atoms with Gasteiger partial charge in [0, 0.05) is 6.61 Å². The zero-order valence-electron chi connectivity index (χ0n) is 27.1. The van der Waals surface area contributed by atoms with E-state index in [-0.39, 0.29) is 12.4 Å². The van der Waals surface area contributed by atoms with Crippen LogP contribution in [0.5, 0.6) is 0 Å². The molecule has 10 nitrogen and oxygen atoms in total. The van der Waals surface area contributed by atoms with Gasteiger partial charge < -0.3 is 42.6 Å². The van der Waals surface area contributed by atoms with Gasteiger partial charge in [0.15, 0.2) is 0 Å². The lowest BCUT2D eigenvalue weighted by Crippen LogP contribution is -2.15. The third-order valence-corrected chi connectivity index (χ3v) is 6.25. The molecule has 0 unspecified atom stereocenters. The Labute approximate surface area is 256 Å². The number of esters is 1. The van der Waals surface area contributed by atoms with Crippen LogP contribution in [0.1, 0.15) is 90.9 Å². The monoisotopic (exact) mass is 608 g/mol. The Balaban J connectivity index is 3.05. The van der Waals surface area contributed by atoms with E-state index in [1.165, 1.54) is 64.2 Å². The number of carbonyl (C=O) groups is 1. The van der Waals surface area contributed by atoms with Crippen molar-refractivity contribution in [3.8, 4) is 0 Å². The third kappa shape index (κ3) is 37.2. The van der Waals surface area contributed by atoms with Crippen LogP contribution < -0.4 is 0 Å². The number of ether oxygens (including phenoxy) is 9. The highest BCUT2D eigenvalue weighted by Crippen LogP contribution is 2.11. The molecule has 0 radical (unpaired) electrons. The maximum Gasteiger partial charge on any atom is 0.308 e. The molecule has 252 valence electrons. The van der Waals surface area contributed by atoms with E-state index in [0.29, 0.717) is 106 Å². The first-order valence-corrected chi connectivity index (χ1v) is 16.6. The lowest BCUT2D eigenvalue weighted by Gasteiger charge is -2.09. The van der Waals surface area contributed by atoms with E-state index in [0.717, 1.165) is 13.0 Å². The van der Waals surface area contributed by atoms with E-state index in [4.69, 9.17) is 42.6 Å². The van der Waals surface area contributed by atoms with Gasteiger partial charge in [-0.2, -0.15) is 0 Å². The van der Waals surface area contributed by atoms with Gasteiger partial charge in [0.05, 0.1) is 112 Å². The predicted octanol–water partition coefficient (Wildman–Crippen LogP) is 5.38. The Morgan fingerprint density at radius 3 is 0.976 bits per heavy atom. The van der Waals surface area contributed by atoms with Crippen molar-refractivity contribution in [1.29, 1.82) is 0 Å². The van der Waals surface area contributed by atoms with Gasteiger partial charge in [0.2, 0.25) is 0 Å². The summed E-state index contributed by atoms with van der Waals surface area (Å²) < 4.78 is 48.6. The normalized spacial score (nSPS) is 11.4. The molecule has 0 aromatic carbocycles. The fraction of sp³-hybridized carbons (Fsp3) is 0.969. The van der Waals surface area contributed by atoms with Crippen LogP contribution in [0.25, 0.3) is 0 Å². The van der Waals surface area contributed by atoms with Crippen LogP contribution in [0.4, 0.5) is 0 Å². The molecule has 0 heterocycles. The highest BCUT2D eigenvalue weighted by atomic mass is 16.6. The lowest BCUT2D eigenvalue weighted by molar-refractivity contribution is -0.144. The summed E-state index contributed by atoms with van der Waals surface area (Å²) in [6.45, 7) is 13.0. The average Bonchev–Trinajstić information content (AvgIpc) is 2.99. The van der Waals surface area contributed by atoms with Crippen LogP contribution in [0, 0.1) is 0 Å². The van der Waals surface area contributed by atoms with Gasteiger partial charge in [-0.1, -0.05) is 71.1 Å². The van der Waals surface area contributed by atoms with E-state index < -0.39 is 0 Å². The third-order valence-electron chi connectivity index (χ3n) is 6.25. The Kier molecular flexibility index (Phi) is 37.4. The second-order valence-corrected chi connectivity index (χ2v) is 9.99. The Morgan fingerprint density at radius 1 is 0.357 bits per heavy atom. The van der Waals surface area contributed by atoms with Crippen molar-refractivity contribution in [2.24, 2.45) is 0 Å². The molecule has 0 saturated carbocycles. The molecule has 10 heteroatoms. The van der Waals surface area contributed by atoms with Crippen LogP contribution in [0.15, 0.2) is 0 Å². The van der Waals surface area contributed by atoms with E-state index >= 15 is 0 Å². The minimum atomic E-state index is -0.243. The van der Waals surface area contributed by atoms with Crippen LogP contribution >= 0.6 is 0 Å². The Morgan fingerprint density at radius 2 is 0.643 bits per heavy atom. The lowest BCUT2D eigenvalue weighted by atomic mass is 10.1. The van der Waals surface area contributed by atoms with E-state index in [9.17, 15) is 4.79 Å². The maximum absolute atomic E-state index is 11.1. The fourth-order valence-corrected chi connectivity index (χ4v) is 3.90. The first-order valence-electron chi connectivity index (χ1n) is 16.6. The van der Waals surface area contributed by atoms with Crippen molar-refractivity contribution in [2.75, 3.05) is 112 Å². The molecule has 0 aliphatic rings. The van der Waals surface area contributed by atoms with Gasteiger partial charge in [-0.3, -0.25) is 4.79 Å². The smallest absolute Gasteiger partial charge is 0.308 e. The zero-order valence-corrected chi connectivity index (χ0v) is 27.1. The van der Waals surface area contributed by atoms with Gasteiger partial charge in [-0.05, 0) is 13.3 Å². The van der Waals surface area contributed by atoms with Crippen molar-refractivity contribution in [3.63, 3.8) is 0 Å². The molecule has 0 N–H and O–H groups in total. The molecule has 0 atom stereocenters. The van der Waals surface area contributed by atoms with Gasteiger partial charge in [-0.15, -0.1) is 0 Å². The summed E-state index contributed by atoms with van der Waals surface area (Å²) in [7, 11) is 0. The van der Waals surface area contributed by atoms with Crippen molar-refractivity contribution in [3.05, 3.63) is 0 Å². The van der Waals surface area contributed by atoms with Crippen LogP contribution in [0.2, 0.25) is 0 Å². The van der Waals surface area contributed by atoms with Crippen LogP contribution in [0.3, 0.4) is 0 Å². The summed E-state index contributed by atoms with van der Waals surface area (Å²) in [5.41, 5.74) is 0. The van der Waals surface area contributed by atoms with Crippen molar-refractivity contribution in [2.45, 2.75) is 90.9 Å². The summed E-state index contributed by atoms with van der Waals surface area (Å²) in [6.07, 6.45) is 15.1. The average molecular weight is 609 g/mol. The highest BCUT2D eigenvalue weighted by Gasteiger charge is 2.01. The van der Waals surface area contributed by atoms with E-state index in [2.05, 4.69) is 6.92 Å². The first-order chi connectivity index (χ1) is 20.8. The molecule has 0 aliphatic carbocycles. The summed E-state index contributed by atoms with van der Waals surface area (Å²) in [5, 5.41) is 0. The molecule has 0 aliphatic heterocycles. The summed E-state index contributed by atoms with van der Waals surface area (Å²) in [6, 6.07) is 0. The molecule has 0 bridgehead atoms.